The maximum atomic E-state index is 12.7. The second-order valence-electron chi connectivity index (χ2n) is 17.7. The van der Waals surface area contributed by atoms with Crippen molar-refractivity contribution in [2.45, 2.75) is 282 Å². The maximum absolute atomic E-state index is 12.7. The Morgan fingerprint density at radius 2 is 0.783 bits per heavy atom. The lowest BCUT2D eigenvalue weighted by Gasteiger charge is -2.38. The first kappa shape index (κ1) is 56.2. The minimum atomic E-state index is -1.86. The first-order chi connectivity index (χ1) is 29.2. The molecule has 0 aromatic carbocycles. The molecule has 1 heterocycles. The predicted molar refractivity (Wildman–Crippen MR) is 239 cm³/mol. The second kappa shape index (κ2) is 40.0. The highest BCUT2D eigenvalue weighted by Crippen LogP contribution is 2.23. The number of hydrogen-bond donors (Lipinski definition) is 4. The third-order valence-electron chi connectivity index (χ3n) is 12.0. The molecule has 0 spiro atoms. The van der Waals surface area contributed by atoms with Gasteiger partial charge in [-0.1, -0.05) is 219 Å². The highest BCUT2D eigenvalue weighted by molar-refractivity contribution is 5.73. The van der Waals surface area contributed by atoms with Crippen LogP contribution in [0.5, 0.6) is 0 Å². The lowest BCUT2D eigenvalue weighted by atomic mass is 9.99. The predicted octanol–water partition coefficient (Wildman–Crippen LogP) is 11.4. The van der Waals surface area contributed by atoms with Crippen molar-refractivity contribution >= 4 is 17.9 Å². The van der Waals surface area contributed by atoms with E-state index in [2.05, 4.69) is 13.8 Å². The molecule has 0 aromatic rings. The topological polar surface area (TPSA) is 169 Å². The molecule has 1 fully saturated rings. The molecule has 0 bridgehead atoms. The standard InChI is InChI=1S/C49H92O11/c1-3-5-7-9-11-13-15-16-17-18-19-20-21-22-23-24-25-26-27-28-30-31-33-35-37-42(50)57-39-41(40-58-49-46(54)44(52)45(53)47(60-49)48(55)56)59-43(51)38-36-34-32-29-14-12-10-8-6-4-2/h41,44-47,49,52-54H,3-40H2,1-2H3,(H,55,56). The van der Waals surface area contributed by atoms with Crippen LogP contribution in [0.25, 0.3) is 0 Å². The van der Waals surface area contributed by atoms with Crippen molar-refractivity contribution < 1.29 is 53.8 Å². The van der Waals surface area contributed by atoms with Crippen molar-refractivity contribution in [1.29, 1.82) is 0 Å². The molecule has 1 aliphatic rings. The third kappa shape index (κ3) is 31.1. The summed E-state index contributed by atoms with van der Waals surface area (Å²) in [6.45, 7) is 3.83. The van der Waals surface area contributed by atoms with E-state index in [4.69, 9.17) is 18.9 Å². The fraction of sp³-hybridized carbons (Fsp3) is 0.939. The zero-order valence-electron chi connectivity index (χ0n) is 38.5. The molecular weight excluding hydrogens is 765 g/mol. The average Bonchev–Trinajstić information content (AvgIpc) is 3.23. The number of aliphatic hydroxyl groups is 3. The number of carbonyl (C=O) groups excluding carboxylic acids is 2. The van der Waals surface area contributed by atoms with Gasteiger partial charge in [-0.15, -0.1) is 0 Å². The molecule has 1 saturated heterocycles. The Morgan fingerprint density at radius 3 is 1.13 bits per heavy atom. The number of ether oxygens (including phenoxy) is 4. The third-order valence-corrected chi connectivity index (χ3v) is 12.0. The molecule has 0 aliphatic carbocycles. The zero-order chi connectivity index (χ0) is 43.9. The molecule has 354 valence electrons. The van der Waals surface area contributed by atoms with Crippen molar-refractivity contribution in [1.82, 2.24) is 0 Å². The van der Waals surface area contributed by atoms with Crippen molar-refractivity contribution in [2.24, 2.45) is 0 Å². The molecule has 1 rings (SSSR count). The first-order valence-corrected chi connectivity index (χ1v) is 25.1. The van der Waals surface area contributed by atoms with Crippen molar-refractivity contribution in [3.8, 4) is 0 Å². The molecular formula is C49H92O11. The fourth-order valence-corrected chi connectivity index (χ4v) is 8.00. The van der Waals surface area contributed by atoms with Gasteiger partial charge in [0.2, 0.25) is 0 Å². The highest BCUT2D eigenvalue weighted by Gasteiger charge is 2.47. The lowest BCUT2D eigenvalue weighted by molar-refractivity contribution is -0.298. The van der Waals surface area contributed by atoms with Crippen LogP contribution in [0.1, 0.15) is 245 Å². The van der Waals surface area contributed by atoms with E-state index < -0.39 is 54.7 Å². The van der Waals surface area contributed by atoms with E-state index in [9.17, 15) is 34.8 Å². The SMILES string of the molecule is CCCCCCCCCCCCCCCCCCCCCCCCCCC(=O)OCC(COC1OC(C(=O)O)C(O)C(O)C1O)OC(=O)CCCCCCCCCCCC. The Hall–Kier alpha value is -1.79. The van der Waals surface area contributed by atoms with Gasteiger partial charge in [-0.2, -0.15) is 0 Å². The normalized spacial score (nSPS) is 19.6. The van der Waals surface area contributed by atoms with E-state index in [-0.39, 0.29) is 26.1 Å². The second-order valence-corrected chi connectivity index (χ2v) is 17.7. The van der Waals surface area contributed by atoms with E-state index in [1.54, 1.807) is 0 Å². The van der Waals surface area contributed by atoms with Crippen molar-refractivity contribution in [2.75, 3.05) is 13.2 Å². The molecule has 60 heavy (non-hydrogen) atoms. The Morgan fingerprint density at radius 1 is 0.450 bits per heavy atom. The summed E-state index contributed by atoms with van der Waals surface area (Å²) >= 11 is 0. The summed E-state index contributed by atoms with van der Waals surface area (Å²) in [5, 5.41) is 39.8. The number of aliphatic hydroxyl groups excluding tert-OH is 3. The van der Waals surface area contributed by atoms with E-state index in [0.717, 1.165) is 38.5 Å². The van der Waals surface area contributed by atoms with Gasteiger partial charge in [0.05, 0.1) is 6.61 Å². The summed E-state index contributed by atoms with van der Waals surface area (Å²) in [7, 11) is 0. The number of unbranched alkanes of at least 4 members (excludes halogenated alkanes) is 32. The van der Waals surface area contributed by atoms with Crippen LogP contribution in [0.4, 0.5) is 0 Å². The van der Waals surface area contributed by atoms with Crippen LogP contribution in [0.2, 0.25) is 0 Å². The molecule has 0 saturated carbocycles. The molecule has 6 atom stereocenters. The summed E-state index contributed by atoms with van der Waals surface area (Å²) in [6.07, 6.45) is 33.2. The van der Waals surface area contributed by atoms with Crippen molar-refractivity contribution in [3.05, 3.63) is 0 Å². The van der Waals surface area contributed by atoms with Crippen LogP contribution < -0.4 is 0 Å². The smallest absolute Gasteiger partial charge is 0.335 e. The average molecular weight is 857 g/mol. The van der Waals surface area contributed by atoms with E-state index in [1.807, 2.05) is 0 Å². The van der Waals surface area contributed by atoms with Crippen LogP contribution in [0.15, 0.2) is 0 Å². The van der Waals surface area contributed by atoms with Crippen molar-refractivity contribution in [3.63, 3.8) is 0 Å². The number of carboxylic acids is 1. The summed E-state index contributed by atoms with van der Waals surface area (Å²) in [5.41, 5.74) is 0. The molecule has 0 aromatic heterocycles. The quantitative estimate of drug-likeness (QED) is 0.0340. The molecule has 11 nitrogen and oxygen atoms in total. The molecule has 11 heteroatoms. The van der Waals surface area contributed by atoms with E-state index in [1.165, 1.54) is 167 Å². The van der Waals surface area contributed by atoms with E-state index in [0.29, 0.717) is 12.8 Å². The molecule has 0 amide bonds. The minimum Gasteiger partial charge on any atom is -0.479 e. The Kier molecular flexibility index (Phi) is 37.5. The molecule has 0 radical (unpaired) electrons. The number of aliphatic carboxylic acids is 1. The Balaban J connectivity index is 2.20. The molecule has 1 aliphatic heterocycles. The lowest BCUT2D eigenvalue weighted by Crippen LogP contribution is -2.60. The largest absolute Gasteiger partial charge is 0.479 e. The Bertz CT molecular complexity index is 1010. The van der Waals surface area contributed by atoms with Gasteiger partial charge in [0.1, 0.15) is 24.9 Å². The zero-order valence-corrected chi connectivity index (χ0v) is 38.5. The van der Waals surface area contributed by atoms with Gasteiger partial charge < -0.3 is 39.4 Å². The molecule has 4 N–H and O–H groups in total. The van der Waals surface area contributed by atoms with Gasteiger partial charge >= 0.3 is 17.9 Å². The fourth-order valence-electron chi connectivity index (χ4n) is 8.00. The summed E-state index contributed by atoms with van der Waals surface area (Å²) in [4.78, 5) is 36.8. The number of hydrogen-bond acceptors (Lipinski definition) is 10. The number of esters is 2. The number of rotatable bonds is 43. The summed E-state index contributed by atoms with van der Waals surface area (Å²) in [6, 6.07) is 0. The first-order valence-electron chi connectivity index (χ1n) is 25.1. The van der Waals surface area contributed by atoms with Crippen LogP contribution >= 0.6 is 0 Å². The van der Waals surface area contributed by atoms with Gasteiger partial charge in [-0.25, -0.2) is 4.79 Å². The van der Waals surface area contributed by atoms with Crippen LogP contribution in [0, 0.1) is 0 Å². The summed E-state index contributed by atoms with van der Waals surface area (Å²) < 4.78 is 21.8. The highest BCUT2D eigenvalue weighted by atomic mass is 16.7. The van der Waals surface area contributed by atoms with Gasteiger partial charge in [-0.3, -0.25) is 9.59 Å². The van der Waals surface area contributed by atoms with Crippen LogP contribution in [-0.2, 0) is 33.3 Å². The minimum absolute atomic E-state index is 0.190. The monoisotopic (exact) mass is 857 g/mol. The van der Waals surface area contributed by atoms with Gasteiger partial charge in [0, 0.05) is 12.8 Å². The number of carboxylic acid groups (broad SMARTS) is 1. The van der Waals surface area contributed by atoms with Gasteiger partial charge in [0.15, 0.2) is 18.5 Å². The Labute approximate surface area is 365 Å². The van der Waals surface area contributed by atoms with E-state index >= 15 is 0 Å². The van der Waals surface area contributed by atoms with Gasteiger partial charge in [-0.05, 0) is 12.8 Å². The maximum Gasteiger partial charge on any atom is 0.335 e. The van der Waals surface area contributed by atoms with Crippen LogP contribution in [-0.4, -0.2) is 88.4 Å². The molecule has 6 unspecified atom stereocenters. The number of carbonyl (C=O) groups is 3. The van der Waals surface area contributed by atoms with Gasteiger partial charge in [0.25, 0.3) is 0 Å². The summed E-state index contributed by atoms with van der Waals surface area (Å²) in [5.74, 6) is -2.42. The van der Waals surface area contributed by atoms with Crippen LogP contribution in [0.3, 0.4) is 0 Å².